The first-order valence-electron chi connectivity index (χ1n) is 6.43. The second kappa shape index (κ2) is 6.40. The number of carbonyl (C=O) groups excluding carboxylic acids is 1. The molecule has 0 saturated heterocycles. The summed E-state index contributed by atoms with van der Waals surface area (Å²) in [6.45, 7) is 2.53. The van der Waals surface area contributed by atoms with Crippen molar-refractivity contribution < 1.29 is 13.2 Å². The first-order chi connectivity index (χ1) is 10.0. The fourth-order valence-corrected chi connectivity index (χ4v) is 2.63. The van der Waals surface area contributed by atoms with Crippen LogP contribution in [0.25, 0.3) is 0 Å². The van der Waals surface area contributed by atoms with Gasteiger partial charge in [-0.15, -0.1) is 0 Å². The maximum absolute atomic E-state index is 12.0. The van der Waals surface area contributed by atoms with Crippen LogP contribution in [0.5, 0.6) is 0 Å². The van der Waals surface area contributed by atoms with E-state index in [-0.39, 0.29) is 10.9 Å². The van der Waals surface area contributed by atoms with Gasteiger partial charge in [-0.2, -0.15) is 13.5 Å². The van der Waals surface area contributed by atoms with E-state index in [2.05, 4.69) is 20.2 Å². The van der Waals surface area contributed by atoms with E-state index in [1.165, 1.54) is 18.3 Å². The van der Waals surface area contributed by atoms with Crippen LogP contribution in [0.3, 0.4) is 0 Å². The second-order valence-electron chi connectivity index (χ2n) is 4.36. The third-order valence-corrected chi connectivity index (χ3v) is 3.99. The minimum atomic E-state index is -3.73. The molecule has 8 heteroatoms. The maximum Gasteiger partial charge on any atom is 0.278 e. The Morgan fingerprint density at radius 3 is 2.81 bits per heavy atom. The van der Waals surface area contributed by atoms with Crippen molar-refractivity contribution in [3.05, 3.63) is 42.1 Å². The highest BCUT2D eigenvalue weighted by molar-refractivity contribution is 7.92. The Morgan fingerprint density at radius 2 is 2.14 bits per heavy atom. The van der Waals surface area contributed by atoms with Crippen molar-refractivity contribution in [3.8, 4) is 0 Å². The number of sulfonamides is 1. The quantitative estimate of drug-likeness (QED) is 0.749. The summed E-state index contributed by atoms with van der Waals surface area (Å²) in [7, 11) is -3.73. The first kappa shape index (κ1) is 15.0. The van der Waals surface area contributed by atoms with Crippen LogP contribution in [-0.4, -0.2) is 31.1 Å². The van der Waals surface area contributed by atoms with E-state index >= 15 is 0 Å². The number of aromatic amines is 1. The zero-order chi connectivity index (χ0) is 15.3. The number of nitrogens with one attached hydrogen (secondary N) is 3. The van der Waals surface area contributed by atoms with Crippen molar-refractivity contribution in [1.82, 2.24) is 15.5 Å². The van der Waals surface area contributed by atoms with Crippen molar-refractivity contribution in [2.45, 2.75) is 18.4 Å². The van der Waals surface area contributed by atoms with Gasteiger partial charge < -0.3 is 5.32 Å². The van der Waals surface area contributed by atoms with Crippen molar-refractivity contribution >= 4 is 21.6 Å². The Morgan fingerprint density at radius 1 is 1.33 bits per heavy atom. The molecule has 2 aromatic rings. The molecule has 0 radical (unpaired) electrons. The van der Waals surface area contributed by atoms with Crippen LogP contribution >= 0.6 is 0 Å². The van der Waals surface area contributed by atoms with Gasteiger partial charge in [0, 0.05) is 17.8 Å². The number of amides is 1. The monoisotopic (exact) mass is 308 g/mol. The Bertz CT molecular complexity index is 711. The van der Waals surface area contributed by atoms with E-state index in [9.17, 15) is 13.2 Å². The van der Waals surface area contributed by atoms with Crippen LogP contribution in [0.2, 0.25) is 0 Å². The van der Waals surface area contributed by atoms with Gasteiger partial charge in [0.15, 0.2) is 5.03 Å². The summed E-state index contributed by atoms with van der Waals surface area (Å²) >= 11 is 0. The highest BCUT2D eigenvalue weighted by atomic mass is 32.2. The fraction of sp³-hybridized carbons (Fsp3) is 0.231. The largest absolute Gasteiger partial charge is 0.352 e. The van der Waals surface area contributed by atoms with Gasteiger partial charge in [0.1, 0.15) is 0 Å². The third kappa shape index (κ3) is 3.82. The van der Waals surface area contributed by atoms with Crippen molar-refractivity contribution in [1.29, 1.82) is 0 Å². The lowest BCUT2D eigenvalue weighted by Gasteiger charge is -2.08. The van der Waals surface area contributed by atoms with Crippen LogP contribution in [0.4, 0.5) is 5.69 Å². The predicted molar refractivity (Wildman–Crippen MR) is 78.5 cm³/mol. The van der Waals surface area contributed by atoms with Gasteiger partial charge in [-0.3, -0.25) is 14.6 Å². The number of benzene rings is 1. The number of anilines is 1. The number of rotatable bonds is 6. The molecule has 3 N–H and O–H groups in total. The lowest BCUT2D eigenvalue weighted by Crippen LogP contribution is -2.24. The molecule has 0 saturated carbocycles. The molecule has 0 atom stereocenters. The van der Waals surface area contributed by atoms with Crippen LogP contribution in [0.15, 0.2) is 41.6 Å². The Kier molecular flexibility index (Phi) is 4.59. The molecule has 2 rings (SSSR count). The van der Waals surface area contributed by atoms with E-state index in [4.69, 9.17) is 0 Å². The van der Waals surface area contributed by atoms with Gasteiger partial charge in [-0.05, 0) is 30.7 Å². The molecular formula is C13H16N4O3S. The average Bonchev–Trinajstić information content (AvgIpc) is 2.99. The molecule has 0 spiro atoms. The predicted octanol–water partition coefficient (Wildman–Crippen LogP) is 1.35. The van der Waals surface area contributed by atoms with Crippen LogP contribution in [0, 0.1) is 0 Å². The molecule has 0 unspecified atom stereocenters. The molecule has 7 nitrogen and oxygen atoms in total. The minimum absolute atomic E-state index is 0.0386. The molecule has 1 amide bonds. The standard InChI is InChI=1S/C13H16N4O3S/c1-2-7-14-13(18)10-4-3-5-11(9-10)17-21(19,20)12-6-8-15-16-12/h3-6,8-9,17H,2,7H2,1H3,(H,14,18)(H,15,16). The molecule has 0 aliphatic rings. The minimum Gasteiger partial charge on any atom is -0.352 e. The van der Waals surface area contributed by atoms with Crippen molar-refractivity contribution in [3.63, 3.8) is 0 Å². The number of H-pyrrole nitrogens is 1. The molecule has 21 heavy (non-hydrogen) atoms. The number of aromatic nitrogens is 2. The lowest BCUT2D eigenvalue weighted by atomic mass is 10.2. The molecule has 1 aromatic heterocycles. The fourth-order valence-electron chi connectivity index (χ4n) is 1.67. The molecular weight excluding hydrogens is 292 g/mol. The summed E-state index contributed by atoms with van der Waals surface area (Å²) in [4.78, 5) is 11.8. The number of hydrogen-bond acceptors (Lipinski definition) is 4. The highest BCUT2D eigenvalue weighted by Gasteiger charge is 2.16. The maximum atomic E-state index is 12.0. The summed E-state index contributed by atoms with van der Waals surface area (Å²) in [5, 5.41) is 8.68. The average molecular weight is 308 g/mol. The second-order valence-corrected chi connectivity index (χ2v) is 6.01. The molecule has 0 aliphatic heterocycles. The molecule has 1 aromatic carbocycles. The van der Waals surface area contributed by atoms with Gasteiger partial charge in [0.2, 0.25) is 0 Å². The van der Waals surface area contributed by atoms with Crippen LogP contribution in [0.1, 0.15) is 23.7 Å². The van der Waals surface area contributed by atoms with Crippen molar-refractivity contribution in [2.75, 3.05) is 11.3 Å². The van der Waals surface area contributed by atoms with Gasteiger partial charge in [0.05, 0.1) is 6.20 Å². The molecule has 112 valence electrons. The SMILES string of the molecule is CCCNC(=O)c1cccc(NS(=O)(=O)c2ccn[nH]2)c1. The number of carbonyl (C=O) groups is 1. The van der Waals surface area contributed by atoms with Crippen LogP contribution in [-0.2, 0) is 10.0 Å². The molecule has 0 aliphatic carbocycles. The number of hydrogen-bond donors (Lipinski definition) is 3. The van der Waals surface area contributed by atoms with Gasteiger partial charge >= 0.3 is 0 Å². The van der Waals surface area contributed by atoms with Gasteiger partial charge in [0.25, 0.3) is 15.9 Å². The Labute approximate surface area is 122 Å². The van der Waals surface area contributed by atoms with Crippen molar-refractivity contribution in [2.24, 2.45) is 0 Å². The summed E-state index contributed by atoms with van der Waals surface area (Å²) < 4.78 is 26.5. The molecule has 1 heterocycles. The summed E-state index contributed by atoms with van der Waals surface area (Å²) in [5.41, 5.74) is 0.710. The van der Waals surface area contributed by atoms with Crippen LogP contribution < -0.4 is 10.0 Å². The lowest BCUT2D eigenvalue weighted by molar-refractivity contribution is 0.0953. The highest BCUT2D eigenvalue weighted by Crippen LogP contribution is 2.15. The van der Waals surface area contributed by atoms with E-state index in [1.54, 1.807) is 18.2 Å². The zero-order valence-corrected chi connectivity index (χ0v) is 12.3. The summed E-state index contributed by atoms with van der Waals surface area (Å²) in [5.74, 6) is -0.237. The smallest absolute Gasteiger partial charge is 0.278 e. The van der Waals surface area contributed by atoms with Gasteiger partial charge in [-0.1, -0.05) is 13.0 Å². The Hall–Kier alpha value is -2.35. The molecule has 0 fully saturated rings. The van der Waals surface area contributed by atoms with E-state index in [0.29, 0.717) is 17.8 Å². The number of nitrogens with zero attached hydrogens (tertiary/aromatic N) is 1. The van der Waals surface area contributed by atoms with Gasteiger partial charge in [-0.25, -0.2) is 0 Å². The normalized spacial score (nSPS) is 11.1. The van der Waals surface area contributed by atoms with E-state index in [1.807, 2.05) is 6.92 Å². The summed E-state index contributed by atoms with van der Waals surface area (Å²) in [6.07, 6.45) is 2.18. The topological polar surface area (TPSA) is 104 Å². The zero-order valence-electron chi connectivity index (χ0n) is 11.5. The first-order valence-corrected chi connectivity index (χ1v) is 7.91. The van der Waals surface area contributed by atoms with E-state index in [0.717, 1.165) is 6.42 Å². The summed E-state index contributed by atoms with van der Waals surface area (Å²) in [6, 6.07) is 7.65. The third-order valence-electron chi connectivity index (χ3n) is 2.68. The van der Waals surface area contributed by atoms with E-state index < -0.39 is 10.0 Å². The Balaban J connectivity index is 2.17. The molecule has 0 bridgehead atoms.